The molecule has 174 valence electrons. The Hall–Kier alpha value is -2.68. The minimum absolute atomic E-state index is 0.00833. The van der Waals surface area contributed by atoms with Crippen molar-refractivity contribution in [2.75, 3.05) is 39.3 Å². The van der Waals surface area contributed by atoms with Crippen molar-refractivity contribution < 1.29 is 27.4 Å². The summed E-state index contributed by atoms with van der Waals surface area (Å²) in [5.41, 5.74) is -0.0192. The van der Waals surface area contributed by atoms with Crippen molar-refractivity contribution in [2.24, 2.45) is 5.92 Å². The van der Waals surface area contributed by atoms with Crippen LogP contribution < -0.4 is 14.4 Å². The Labute approximate surface area is 189 Å². The topological polar surface area (TPSA) is 54.9 Å². The summed E-state index contributed by atoms with van der Waals surface area (Å²) in [7, 11) is 4.88. The van der Waals surface area contributed by atoms with Gasteiger partial charge in [-0.1, -0.05) is 11.6 Å². The molecule has 1 aliphatic rings. The number of aromatic nitrogens is 1. The summed E-state index contributed by atoms with van der Waals surface area (Å²) in [6, 6.07) is 6.34. The number of carbonyl (C=O) groups is 1. The second kappa shape index (κ2) is 9.85. The van der Waals surface area contributed by atoms with E-state index in [1.165, 1.54) is 0 Å². The molecular weight excluding hydrogens is 447 g/mol. The van der Waals surface area contributed by atoms with Gasteiger partial charge in [-0.3, -0.25) is 4.79 Å². The number of hydrogen-bond donors (Lipinski definition) is 0. The highest BCUT2D eigenvalue weighted by atomic mass is 35.5. The fourth-order valence-electron chi connectivity index (χ4n) is 3.78. The SMILES string of the molecule is COc1ccc(CN(C)C(=O)C2CCN(c3ncc(C(F)(F)F)cc3Cl)CC2)c(OC)c1. The van der Waals surface area contributed by atoms with Crippen molar-refractivity contribution in [3.05, 3.63) is 46.6 Å². The summed E-state index contributed by atoms with van der Waals surface area (Å²) in [4.78, 5) is 20.4. The van der Waals surface area contributed by atoms with Crippen LogP contribution in [-0.4, -0.2) is 50.1 Å². The van der Waals surface area contributed by atoms with Gasteiger partial charge in [0.1, 0.15) is 17.3 Å². The van der Waals surface area contributed by atoms with Gasteiger partial charge in [0.25, 0.3) is 0 Å². The average Bonchev–Trinajstić information content (AvgIpc) is 2.78. The quantitative estimate of drug-likeness (QED) is 0.614. The monoisotopic (exact) mass is 471 g/mol. The number of piperidine rings is 1. The Balaban J connectivity index is 1.61. The highest BCUT2D eigenvalue weighted by Crippen LogP contribution is 2.35. The van der Waals surface area contributed by atoms with Crippen molar-refractivity contribution in [2.45, 2.75) is 25.6 Å². The molecule has 0 bridgehead atoms. The highest BCUT2D eigenvalue weighted by Gasteiger charge is 2.33. The Bertz CT molecular complexity index is 963. The summed E-state index contributed by atoms with van der Waals surface area (Å²) < 4.78 is 49.1. The van der Waals surface area contributed by atoms with Crippen LogP contribution in [-0.2, 0) is 17.5 Å². The number of hydrogen-bond acceptors (Lipinski definition) is 5. The van der Waals surface area contributed by atoms with E-state index in [1.807, 2.05) is 17.0 Å². The second-order valence-electron chi connectivity index (χ2n) is 7.66. The molecule has 0 radical (unpaired) electrons. The van der Waals surface area contributed by atoms with Gasteiger partial charge in [0.15, 0.2) is 0 Å². The van der Waals surface area contributed by atoms with Crippen LogP contribution in [0.25, 0.3) is 0 Å². The van der Waals surface area contributed by atoms with Crippen molar-refractivity contribution in [3.63, 3.8) is 0 Å². The molecule has 2 aromatic rings. The largest absolute Gasteiger partial charge is 0.497 e. The van der Waals surface area contributed by atoms with Gasteiger partial charge < -0.3 is 19.3 Å². The van der Waals surface area contributed by atoms with Gasteiger partial charge in [-0.15, -0.1) is 0 Å². The van der Waals surface area contributed by atoms with Crippen LogP contribution in [0.2, 0.25) is 5.02 Å². The molecule has 1 aromatic carbocycles. The van der Waals surface area contributed by atoms with Gasteiger partial charge in [-0.2, -0.15) is 13.2 Å². The lowest BCUT2D eigenvalue weighted by atomic mass is 9.95. The highest BCUT2D eigenvalue weighted by molar-refractivity contribution is 6.33. The predicted molar refractivity (Wildman–Crippen MR) is 115 cm³/mol. The second-order valence-corrected chi connectivity index (χ2v) is 8.07. The van der Waals surface area contributed by atoms with Crippen molar-refractivity contribution in [3.8, 4) is 11.5 Å². The molecule has 6 nitrogen and oxygen atoms in total. The number of anilines is 1. The number of halogens is 4. The maximum absolute atomic E-state index is 13.0. The van der Waals surface area contributed by atoms with E-state index in [-0.39, 0.29) is 16.8 Å². The smallest absolute Gasteiger partial charge is 0.417 e. The number of nitrogens with zero attached hydrogens (tertiary/aromatic N) is 3. The third-order valence-electron chi connectivity index (χ3n) is 5.57. The van der Waals surface area contributed by atoms with Gasteiger partial charge in [-0.05, 0) is 31.0 Å². The third-order valence-corrected chi connectivity index (χ3v) is 5.85. The average molecular weight is 472 g/mol. The fraction of sp³-hybridized carbons (Fsp3) is 0.455. The van der Waals surface area contributed by atoms with Crippen LogP contribution in [0.3, 0.4) is 0 Å². The van der Waals surface area contributed by atoms with Gasteiger partial charge in [0, 0.05) is 50.4 Å². The number of carbonyl (C=O) groups excluding carboxylic acids is 1. The number of ether oxygens (including phenoxy) is 2. The molecule has 10 heteroatoms. The number of amides is 1. The molecule has 0 saturated carbocycles. The molecule has 1 saturated heterocycles. The first-order valence-corrected chi connectivity index (χ1v) is 10.5. The molecule has 0 spiro atoms. The molecule has 2 heterocycles. The summed E-state index contributed by atoms with van der Waals surface area (Å²) in [6.45, 7) is 1.35. The maximum Gasteiger partial charge on any atom is 0.417 e. The molecule has 0 unspecified atom stereocenters. The molecule has 1 amide bonds. The molecule has 1 aliphatic heterocycles. The summed E-state index contributed by atoms with van der Waals surface area (Å²) in [6.07, 6.45) is -2.59. The Morgan fingerprint density at radius 2 is 1.91 bits per heavy atom. The standard InChI is InChI=1S/C22H25ClF3N3O3/c1-28(13-15-4-5-17(31-2)11-19(15)32-3)21(30)14-6-8-29(9-7-14)20-18(23)10-16(12-27-20)22(24,25)26/h4-5,10-12,14H,6-9,13H2,1-3H3. The van der Waals surface area contributed by atoms with E-state index in [0.717, 1.165) is 17.8 Å². The lowest BCUT2D eigenvalue weighted by Gasteiger charge is -2.34. The van der Waals surface area contributed by atoms with Crippen LogP contribution in [0, 0.1) is 5.92 Å². The predicted octanol–water partition coefficient (Wildman–Crippen LogP) is 4.65. The normalized spacial score (nSPS) is 14.9. The van der Waals surface area contributed by atoms with Crippen LogP contribution in [0.15, 0.2) is 30.5 Å². The van der Waals surface area contributed by atoms with E-state index < -0.39 is 11.7 Å². The number of rotatable bonds is 6. The zero-order chi connectivity index (χ0) is 23.5. The van der Waals surface area contributed by atoms with E-state index in [4.69, 9.17) is 21.1 Å². The van der Waals surface area contributed by atoms with Gasteiger partial charge >= 0.3 is 6.18 Å². The fourth-order valence-corrected chi connectivity index (χ4v) is 4.07. The Morgan fingerprint density at radius 1 is 1.22 bits per heavy atom. The zero-order valence-corrected chi connectivity index (χ0v) is 18.8. The third kappa shape index (κ3) is 5.38. The minimum atomic E-state index is -4.49. The van der Waals surface area contributed by atoms with Crippen molar-refractivity contribution in [1.82, 2.24) is 9.88 Å². The summed E-state index contributed by atoms with van der Waals surface area (Å²) in [5.74, 6) is 1.44. The molecule has 32 heavy (non-hydrogen) atoms. The summed E-state index contributed by atoms with van der Waals surface area (Å²) >= 11 is 6.06. The van der Waals surface area contributed by atoms with Crippen LogP contribution >= 0.6 is 11.6 Å². The lowest BCUT2D eigenvalue weighted by molar-refractivity contribution is -0.138. The van der Waals surface area contributed by atoms with Gasteiger partial charge in [-0.25, -0.2) is 4.98 Å². The van der Waals surface area contributed by atoms with Crippen LogP contribution in [0.1, 0.15) is 24.0 Å². The Morgan fingerprint density at radius 3 is 2.47 bits per heavy atom. The number of benzene rings is 1. The molecule has 0 atom stereocenters. The molecule has 3 rings (SSSR count). The van der Waals surface area contributed by atoms with E-state index in [9.17, 15) is 18.0 Å². The first-order chi connectivity index (χ1) is 15.1. The first kappa shape index (κ1) is 24.0. The van der Waals surface area contributed by atoms with Gasteiger partial charge in [0.05, 0.1) is 24.8 Å². The number of pyridine rings is 1. The maximum atomic E-state index is 13.0. The lowest BCUT2D eigenvalue weighted by Crippen LogP contribution is -2.41. The zero-order valence-electron chi connectivity index (χ0n) is 18.1. The summed E-state index contributed by atoms with van der Waals surface area (Å²) in [5, 5.41) is -0.0479. The van der Waals surface area contributed by atoms with E-state index >= 15 is 0 Å². The van der Waals surface area contributed by atoms with E-state index in [1.54, 1.807) is 32.2 Å². The van der Waals surface area contributed by atoms with Crippen LogP contribution in [0.5, 0.6) is 11.5 Å². The molecule has 1 fully saturated rings. The van der Waals surface area contributed by atoms with Crippen molar-refractivity contribution >= 4 is 23.3 Å². The Kier molecular flexibility index (Phi) is 7.38. The van der Waals surface area contributed by atoms with Gasteiger partial charge in [0.2, 0.25) is 5.91 Å². The van der Waals surface area contributed by atoms with E-state index in [0.29, 0.717) is 49.8 Å². The molecule has 0 N–H and O–H groups in total. The molecule has 1 aromatic heterocycles. The molecular formula is C22H25ClF3N3O3. The minimum Gasteiger partial charge on any atom is -0.497 e. The van der Waals surface area contributed by atoms with E-state index in [2.05, 4.69) is 4.98 Å². The van der Waals surface area contributed by atoms with Crippen molar-refractivity contribution in [1.29, 1.82) is 0 Å². The first-order valence-electron chi connectivity index (χ1n) is 10.1. The number of alkyl halides is 3. The molecule has 0 aliphatic carbocycles. The number of methoxy groups -OCH3 is 2. The van der Waals surface area contributed by atoms with Crippen LogP contribution in [0.4, 0.5) is 19.0 Å².